The molecule has 1 nitrogen and oxygen atoms in total. The van der Waals surface area contributed by atoms with Gasteiger partial charge in [-0.2, -0.15) is 0 Å². The molecule has 18 heavy (non-hydrogen) atoms. The van der Waals surface area contributed by atoms with Crippen molar-refractivity contribution in [1.29, 1.82) is 0 Å². The standard InChI is InChI=1S/C14H12Cl2FN/c1-9-5-6-11(15)7-13(9)18-8-10-3-2-4-12(16)14(10)17/h2-7,18H,8H2,1H3. The van der Waals surface area contributed by atoms with Crippen LogP contribution in [0.1, 0.15) is 11.1 Å². The molecule has 2 aromatic carbocycles. The van der Waals surface area contributed by atoms with Crippen molar-refractivity contribution in [3.05, 3.63) is 63.4 Å². The fraction of sp³-hybridized carbons (Fsp3) is 0.143. The minimum absolute atomic E-state index is 0.136. The Hall–Kier alpha value is -1.25. The lowest BCUT2D eigenvalue weighted by atomic mass is 10.1. The number of benzene rings is 2. The average molecular weight is 284 g/mol. The van der Waals surface area contributed by atoms with Crippen molar-refractivity contribution < 1.29 is 4.39 Å². The molecule has 0 heterocycles. The first-order chi connectivity index (χ1) is 8.58. The fourth-order valence-corrected chi connectivity index (χ4v) is 2.03. The predicted octanol–water partition coefficient (Wildman–Crippen LogP) is 5.05. The maximum absolute atomic E-state index is 13.7. The van der Waals surface area contributed by atoms with Crippen LogP contribution in [-0.2, 0) is 6.54 Å². The highest BCUT2D eigenvalue weighted by Gasteiger charge is 2.06. The van der Waals surface area contributed by atoms with Gasteiger partial charge in [0.25, 0.3) is 0 Å². The summed E-state index contributed by atoms with van der Waals surface area (Å²) in [4.78, 5) is 0. The summed E-state index contributed by atoms with van der Waals surface area (Å²) in [7, 11) is 0. The van der Waals surface area contributed by atoms with Crippen molar-refractivity contribution in [1.82, 2.24) is 0 Å². The minimum atomic E-state index is -0.383. The van der Waals surface area contributed by atoms with E-state index in [1.54, 1.807) is 12.1 Å². The van der Waals surface area contributed by atoms with Gasteiger partial charge in [0.15, 0.2) is 0 Å². The molecule has 0 aliphatic heterocycles. The van der Waals surface area contributed by atoms with Crippen molar-refractivity contribution in [3.8, 4) is 0 Å². The molecule has 94 valence electrons. The second-order valence-corrected chi connectivity index (χ2v) is 4.87. The third kappa shape index (κ3) is 2.95. The Morgan fingerprint density at radius 2 is 1.94 bits per heavy atom. The molecule has 0 atom stereocenters. The highest BCUT2D eigenvalue weighted by molar-refractivity contribution is 6.31. The number of nitrogens with one attached hydrogen (secondary N) is 1. The van der Waals surface area contributed by atoms with Crippen LogP contribution >= 0.6 is 23.2 Å². The van der Waals surface area contributed by atoms with E-state index in [1.165, 1.54) is 6.07 Å². The van der Waals surface area contributed by atoms with Gasteiger partial charge in [-0.05, 0) is 30.7 Å². The quantitative estimate of drug-likeness (QED) is 0.831. The molecule has 0 spiro atoms. The highest BCUT2D eigenvalue weighted by Crippen LogP contribution is 2.22. The first-order valence-corrected chi connectivity index (χ1v) is 6.26. The molecule has 1 N–H and O–H groups in total. The van der Waals surface area contributed by atoms with Crippen molar-refractivity contribution >= 4 is 28.9 Å². The van der Waals surface area contributed by atoms with Crippen LogP contribution in [0.3, 0.4) is 0 Å². The second-order valence-electron chi connectivity index (χ2n) is 4.03. The van der Waals surface area contributed by atoms with Crippen molar-refractivity contribution in [3.63, 3.8) is 0 Å². The Morgan fingerprint density at radius 1 is 1.17 bits per heavy atom. The molecule has 0 aliphatic rings. The van der Waals surface area contributed by atoms with Gasteiger partial charge in [0.1, 0.15) is 5.82 Å². The topological polar surface area (TPSA) is 12.0 Å². The molecule has 0 unspecified atom stereocenters. The van der Waals surface area contributed by atoms with Crippen LogP contribution in [0, 0.1) is 12.7 Å². The monoisotopic (exact) mass is 283 g/mol. The van der Waals surface area contributed by atoms with Crippen LogP contribution in [0.15, 0.2) is 36.4 Å². The summed E-state index contributed by atoms with van der Waals surface area (Å²) in [6.45, 7) is 2.33. The van der Waals surface area contributed by atoms with E-state index in [0.29, 0.717) is 17.1 Å². The largest absolute Gasteiger partial charge is 0.381 e. The summed E-state index contributed by atoms with van der Waals surface area (Å²) in [6, 6.07) is 10.5. The van der Waals surface area contributed by atoms with E-state index in [4.69, 9.17) is 23.2 Å². The van der Waals surface area contributed by atoms with Gasteiger partial charge < -0.3 is 5.32 Å². The molecule has 0 saturated carbocycles. The maximum atomic E-state index is 13.7. The lowest BCUT2D eigenvalue weighted by Crippen LogP contribution is -2.03. The molecular weight excluding hydrogens is 272 g/mol. The van der Waals surface area contributed by atoms with Gasteiger partial charge in [-0.3, -0.25) is 0 Å². The van der Waals surface area contributed by atoms with Crippen molar-refractivity contribution in [2.75, 3.05) is 5.32 Å². The Balaban J connectivity index is 2.16. The molecule has 4 heteroatoms. The van der Waals surface area contributed by atoms with Crippen LogP contribution in [0.4, 0.5) is 10.1 Å². The molecule has 0 radical (unpaired) electrons. The molecule has 2 aromatic rings. The maximum Gasteiger partial charge on any atom is 0.146 e. The van der Waals surface area contributed by atoms with E-state index in [-0.39, 0.29) is 10.8 Å². The average Bonchev–Trinajstić information content (AvgIpc) is 2.35. The predicted molar refractivity (Wildman–Crippen MR) is 74.9 cm³/mol. The lowest BCUT2D eigenvalue weighted by Gasteiger charge is -2.11. The summed E-state index contributed by atoms with van der Waals surface area (Å²) in [5.74, 6) is -0.383. The van der Waals surface area contributed by atoms with Gasteiger partial charge in [-0.15, -0.1) is 0 Å². The first-order valence-electron chi connectivity index (χ1n) is 5.51. The van der Waals surface area contributed by atoms with Crippen molar-refractivity contribution in [2.45, 2.75) is 13.5 Å². The van der Waals surface area contributed by atoms with E-state index < -0.39 is 0 Å². The Bertz CT molecular complexity index is 568. The Kier molecular flexibility index (Phi) is 4.10. The van der Waals surface area contributed by atoms with E-state index in [0.717, 1.165) is 11.3 Å². The fourth-order valence-electron chi connectivity index (χ4n) is 1.66. The third-order valence-corrected chi connectivity index (χ3v) is 3.23. The molecule has 2 rings (SSSR count). The second kappa shape index (κ2) is 5.59. The number of anilines is 1. The number of hydrogen-bond acceptors (Lipinski definition) is 1. The minimum Gasteiger partial charge on any atom is -0.381 e. The Labute approximate surface area is 116 Å². The summed E-state index contributed by atoms with van der Waals surface area (Å²) in [5.41, 5.74) is 2.48. The molecular formula is C14H12Cl2FN. The van der Waals surface area contributed by atoms with Crippen LogP contribution in [-0.4, -0.2) is 0 Å². The first kappa shape index (κ1) is 13.2. The number of halogens is 3. The van der Waals surface area contributed by atoms with Gasteiger partial charge in [-0.25, -0.2) is 4.39 Å². The summed E-state index contributed by atoms with van der Waals surface area (Å²) in [6.07, 6.45) is 0. The van der Waals surface area contributed by atoms with E-state index in [2.05, 4.69) is 5.32 Å². The van der Waals surface area contributed by atoms with Gasteiger partial charge in [-0.1, -0.05) is 41.4 Å². The molecule has 0 fully saturated rings. The molecule has 0 aliphatic carbocycles. The van der Waals surface area contributed by atoms with E-state index in [1.807, 2.05) is 25.1 Å². The van der Waals surface area contributed by atoms with E-state index >= 15 is 0 Å². The summed E-state index contributed by atoms with van der Waals surface area (Å²) in [5, 5.41) is 3.94. The van der Waals surface area contributed by atoms with Crippen LogP contribution in [0.2, 0.25) is 10.0 Å². The van der Waals surface area contributed by atoms with Crippen molar-refractivity contribution in [2.24, 2.45) is 0 Å². The number of hydrogen-bond donors (Lipinski definition) is 1. The van der Waals surface area contributed by atoms with Gasteiger partial charge in [0.2, 0.25) is 0 Å². The number of rotatable bonds is 3. The SMILES string of the molecule is Cc1ccc(Cl)cc1NCc1cccc(Cl)c1F. The van der Waals surface area contributed by atoms with Gasteiger partial charge in [0.05, 0.1) is 5.02 Å². The van der Waals surface area contributed by atoms with Crippen LogP contribution in [0.5, 0.6) is 0 Å². The van der Waals surface area contributed by atoms with Crippen LogP contribution < -0.4 is 5.32 Å². The smallest absolute Gasteiger partial charge is 0.146 e. The highest BCUT2D eigenvalue weighted by atomic mass is 35.5. The molecule has 0 aromatic heterocycles. The summed E-state index contributed by atoms with van der Waals surface area (Å²) < 4.78 is 13.7. The molecule has 0 saturated heterocycles. The summed E-state index contributed by atoms with van der Waals surface area (Å²) >= 11 is 11.6. The Morgan fingerprint density at radius 3 is 2.72 bits per heavy atom. The van der Waals surface area contributed by atoms with Gasteiger partial charge in [0, 0.05) is 22.8 Å². The zero-order valence-corrected chi connectivity index (χ0v) is 11.3. The lowest BCUT2D eigenvalue weighted by molar-refractivity contribution is 0.613. The van der Waals surface area contributed by atoms with E-state index in [9.17, 15) is 4.39 Å². The molecule has 0 bridgehead atoms. The zero-order valence-electron chi connectivity index (χ0n) is 9.81. The third-order valence-electron chi connectivity index (χ3n) is 2.70. The van der Waals surface area contributed by atoms with Crippen LogP contribution in [0.25, 0.3) is 0 Å². The zero-order chi connectivity index (χ0) is 13.1. The number of aryl methyl sites for hydroxylation is 1. The normalized spacial score (nSPS) is 10.4. The van der Waals surface area contributed by atoms with Gasteiger partial charge >= 0.3 is 0 Å². The molecule has 0 amide bonds.